The first-order chi connectivity index (χ1) is 10.1. The third-order valence-corrected chi connectivity index (χ3v) is 3.72. The maximum absolute atomic E-state index is 12.5. The number of aromatic nitrogens is 2. The molecule has 0 spiro atoms. The lowest BCUT2D eigenvalue weighted by Gasteiger charge is -2.17. The van der Waals surface area contributed by atoms with Crippen molar-refractivity contribution in [2.24, 2.45) is 0 Å². The van der Waals surface area contributed by atoms with Gasteiger partial charge in [-0.25, -0.2) is 0 Å². The minimum Gasteiger partial charge on any atom is -0.361 e. The molecule has 0 atom stereocenters. The maximum atomic E-state index is 12.5. The summed E-state index contributed by atoms with van der Waals surface area (Å²) in [6.45, 7) is 4.24. The molecule has 1 amide bonds. The molecule has 0 unspecified atom stereocenters. The maximum Gasteiger partial charge on any atom is 0.253 e. The van der Waals surface area contributed by atoms with Crippen molar-refractivity contribution in [3.8, 4) is 0 Å². The van der Waals surface area contributed by atoms with E-state index in [9.17, 15) is 4.79 Å². The molecule has 0 bridgehead atoms. The second-order valence-electron chi connectivity index (χ2n) is 5.24. The number of aryl methyl sites for hydroxylation is 2. The van der Waals surface area contributed by atoms with Gasteiger partial charge in [0.2, 0.25) is 0 Å². The smallest absolute Gasteiger partial charge is 0.253 e. The van der Waals surface area contributed by atoms with Crippen LogP contribution in [0.2, 0.25) is 0 Å². The highest BCUT2D eigenvalue weighted by atomic mass is 16.5. The summed E-state index contributed by atoms with van der Waals surface area (Å²) in [5.41, 5.74) is 3.50. The SMILES string of the molecule is Cc1noc(C)c1CN(C)C(=O)c1ccc2[nH]ccc2c1. The van der Waals surface area contributed by atoms with Crippen molar-refractivity contribution >= 4 is 16.8 Å². The Morgan fingerprint density at radius 1 is 1.33 bits per heavy atom. The number of aromatic amines is 1. The van der Waals surface area contributed by atoms with Gasteiger partial charge in [0.15, 0.2) is 0 Å². The second-order valence-corrected chi connectivity index (χ2v) is 5.24. The van der Waals surface area contributed by atoms with Gasteiger partial charge in [0.25, 0.3) is 5.91 Å². The van der Waals surface area contributed by atoms with Crippen molar-refractivity contribution in [3.05, 3.63) is 53.0 Å². The number of fused-ring (bicyclic) bond motifs is 1. The zero-order valence-electron chi connectivity index (χ0n) is 12.3. The van der Waals surface area contributed by atoms with E-state index in [2.05, 4.69) is 10.1 Å². The van der Waals surface area contributed by atoms with Crippen LogP contribution in [0.4, 0.5) is 0 Å². The lowest BCUT2D eigenvalue weighted by molar-refractivity contribution is 0.0784. The second kappa shape index (κ2) is 5.09. The van der Waals surface area contributed by atoms with Crippen LogP contribution in [0.3, 0.4) is 0 Å². The Labute approximate surface area is 122 Å². The zero-order chi connectivity index (χ0) is 15.0. The van der Waals surface area contributed by atoms with Crippen molar-refractivity contribution in [3.63, 3.8) is 0 Å². The van der Waals surface area contributed by atoms with Gasteiger partial charge in [-0.1, -0.05) is 5.16 Å². The molecular formula is C16H17N3O2. The van der Waals surface area contributed by atoms with Gasteiger partial charge in [-0.2, -0.15) is 0 Å². The highest BCUT2D eigenvalue weighted by Crippen LogP contribution is 2.18. The normalized spacial score (nSPS) is 11.0. The van der Waals surface area contributed by atoms with E-state index < -0.39 is 0 Å². The molecule has 2 aromatic heterocycles. The van der Waals surface area contributed by atoms with E-state index in [1.165, 1.54) is 0 Å². The minimum atomic E-state index is -0.0156. The summed E-state index contributed by atoms with van der Waals surface area (Å²) in [5.74, 6) is 0.742. The molecule has 21 heavy (non-hydrogen) atoms. The molecule has 0 aliphatic carbocycles. The van der Waals surface area contributed by atoms with Crippen molar-refractivity contribution < 1.29 is 9.32 Å². The van der Waals surface area contributed by atoms with Gasteiger partial charge in [0.05, 0.1) is 12.2 Å². The molecule has 1 N–H and O–H groups in total. The fraction of sp³-hybridized carbons (Fsp3) is 0.250. The monoisotopic (exact) mass is 283 g/mol. The van der Waals surface area contributed by atoms with Gasteiger partial charge in [0, 0.05) is 35.3 Å². The molecule has 0 saturated heterocycles. The Balaban J connectivity index is 1.83. The van der Waals surface area contributed by atoms with E-state index in [0.717, 1.165) is 27.9 Å². The van der Waals surface area contributed by atoms with Crippen LogP contribution < -0.4 is 0 Å². The molecular weight excluding hydrogens is 266 g/mol. The minimum absolute atomic E-state index is 0.0156. The number of carbonyl (C=O) groups is 1. The average molecular weight is 283 g/mol. The van der Waals surface area contributed by atoms with Crippen molar-refractivity contribution in [2.75, 3.05) is 7.05 Å². The summed E-state index contributed by atoms with van der Waals surface area (Å²) in [6, 6.07) is 7.62. The van der Waals surface area contributed by atoms with Crippen LogP contribution in [0.15, 0.2) is 35.0 Å². The number of nitrogens with zero attached hydrogens (tertiary/aromatic N) is 2. The van der Waals surface area contributed by atoms with E-state index in [0.29, 0.717) is 12.1 Å². The largest absolute Gasteiger partial charge is 0.361 e. The standard InChI is InChI=1S/C16H17N3O2/c1-10-14(11(2)21-18-10)9-19(3)16(20)13-4-5-15-12(8-13)6-7-17-15/h4-8,17H,9H2,1-3H3. The Kier molecular flexibility index (Phi) is 3.25. The van der Waals surface area contributed by atoms with E-state index in [1.54, 1.807) is 11.9 Å². The number of hydrogen-bond acceptors (Lipinski definition) is 3. The van der Waals surface area contributed by atoms with Gasteiger partial charge in [-0.3, -0.25) is 4.79 Å². The van der Waals surface area contributed by atoms with Crippen molar-refractivity contribution in [1.82, 2.24) is 15.0 Å². The Morgan fingerprint density at radius 3 is 2.86 bits per heavy atom. The molecule has 5 nitrogen and oxygen atoms in total. The number of amides is 1. The van der Waals surface area contributed by atoms with Crippen molar-refractivity contribution in [1.29, 1.82) is 0 Å². The number of hydrogen-bond donors (Lipinski definition) is 1. The van der Waals surface area contributed by atoms with E-state index in [-0.39, 0.29) is 5.91 Å². The first-order valence-corrected chi connectivity index (χ1v) is 6.80. The number of rotatable bonds is 3. The first kappa shape index (κ1) is 13.4. The van der Waals surface area contributed by atoms with Crippen LogP contribution in [0.25, 0.3) is 10.9 Å². The van der Waals surface area contributed by atoms with Crippen LogP contribution in [0.5, 0.6) is 0 Å². The van der Waals surface area contributed by atoms with E-state index in [1.807, 2.05) is 44.3 Å². The van der Waals surface area contributed by atoms with Gasteiger partial charge in [-0.15, -0.1) is 0 Å². The number of carbonyl (C=O) groups excluding carboxylic acids is 1. The molecule has 108 valence electrons. The molecule has 3 aromatic rings. The molecule has 0 aliphatic rings. The fourth-order valence-electron chi connectivity index (χ4n) is 2.44. The lowest BCUT2D eigenvalue weighted by atomic mass is 10.1. The zero-order valence-corrected chi connectivity index (χ0v) is 12.3. The molecule has 5 heteroatoms. The number of H-pyrrole nitrogens is 1. The third-order valence-electron chi connectivity index (χ3n) is 3.72. The molecule has 3 rings (SSSR count). The summed E-state index contributed by atoms with van der Waals surface area (Å²) >= 11 is 0. The van der Waals surface area contributed by atoms with E-state index in [4.69, 9.17) is 4.52 Å². The van der Waals surface area contributed by atoms with E-state index >= 15 is 0 Å². The highest BCUT2D eigenvalue weighted by Gasteiger charge is 2.17. The summed E-state index contributed by atoms with van der Waals surface area (Å²) < 4.78 is 5.14. The quantitative estimate of drug-likeness (QED) is 0.803. The molecule has 2 heterocycles. The Bertz CT molecular complexity index is 781. The van der Waals surface area contributed by atoms with Crippen LogP contribution >= 0.6 is 0 Å². The predicted molar refractivity (Wildman–Crippen MR) is 80.1 cm³/mol. The number of nitrogens with one attached hydrogen (secondary N) is 1. The molecule has 0 radical (unpaired) electrons. The predicted octanol–water partition coefficient (Wildman–Crippen LogP) is 3.04. The lowest BCUT2D eigenvalue weighted by Crippen LogP contribution is -2.26. The van der Waals surface area contributed by atoms with Crippen LogP contribution in [-0.2, 0) is 6.54 Å². The van der Waals surface area contributed by atoms with Crippen LogP contribution in [0, 0.1) is 13.8 Å². The molecule has 0 saturated carbocycles. The summed E-state index contributed by atoms with van der Waals surface area (Å²) in [7, 11) is 1.79. The Hall–Kier alpha value is -2.56. The summed E-state index contributed by atoms with van der Waals surface area (Å²) in [6.07, 6.45) is 1.87. The Morgan fingerprint density at radius 2 is 2.14 bits per heavy atom. The van der Waals surface area contributed by atoms with Crippen LogP contribution in [0.1, 0.15) is 27.4 Å². The first-order valence-electron chi connectivity index (χ1n) is 6.80. The number of benzene rings is 1. The van der Waals surface area contributed by atoms with Gasteiger partial charge in [-0.05, 0) is 38.1 Å². The topological polar surface area (TPSA) is 62.1 Å². The fourth-order valence-corrected chi connectivity index (χ4v) is 2.44. The highest BCUT2D eigenvalue weighted by molar-refractivity contribution is 5.97. The average Bonchev–Trinajstić information content (AvgIpc) is 3.07. The van der Waals surface area contributed by atoms with Crippen molar-refractivity contribution in [2.45, 2.75) is 20.4 Å². The molecule has 0 fully saturated rings. The molecule has 1 aromatic carbocycles. The van der Waals surface area contributed by atoms with Gasteiger partial charge < -0.3 is 14.4 Å². The summed E-state index contributed by atoms with van der Waals surface area (Å²) in [4.78, 5) is 17.3. The van der Waals surface area contributed by atoms with Crippen LogP contribution in [-0.4, -0.2) is 28.0 Å². The van der Waals surface area contributed by atoms with Gasteiger partial charge in [0.1, 0.15) is 5.76 Å². The third kappa shape index (κ3) is 2.42. The van der Waals surface area contributed by atoms with Gasteiger partial charge >= 0.3 is 0 Å². The summed E-state index contributed by atoms with van der Waals surface area (Å²) in [5, 5.41) is 4.95. The molecule has 0 aliphatic heterocycles.